The van der Waals surface area contributed by atoms with E-state index in [-0.39, 0.29) is 5.41 Å². The first-order valence-corrected chi connectivity index (χ1v) is 6.85. The van der Waals surface area contributed by atoms with Crippen molar-refractivity contribution in [2.75, 3.05) is 0 Å². The molecule has 2 N–H and O–H groups in total. The predicted octanol–water partition coefficient (Wildman–Crippen LogP) is 3.26. The summed E-state index contributed by atoms with van der Waals surface area (Å²) >= 11 is 0. The average molecular weight is 257 g/mol. The van der Waals surface area contributed by atoms with Crippen molar-refractivity contribution in [1.82, 2.24) is 15.3 Å². The third-order valence-electron chi connectivity index (χ3n) is 3.54. The zero-order valence-electron chi connectivity index (χ0n) is 12.0. The van der Waals surface area contributed by atoms with Crippen LogP contribution in [0.3, 0.4) is 0 Å². The summed E-state index contributed by atoms with van der Waals surface area (Å²) in [5.74, 6) is 0.990. The summed E-state index contributed by atoms with van der Waals surface area (Å²) in [5.41, 5.74) is 1.57. The predicted molar refractivity (Wildman–Crippen MR) is 79.0 cm³/mol. The molecule has 1 aromatic carbocycles. The molecule has 3 heteroatoms. The molecule has 1 unspecified atom stereocenters. The summed E-state index contributed by atoms with van der Waals surface area (Å²) in [6.07, 6.45) is 4.74. The van der Waals surface area contributed by atoms with E-state index in [2.05, 4.69) is 66.4 Å². The van der Waals surface area contributed by atoms with Gasteiger partial charge in [0.2, 0.25) is 0 Å². The van der Waals surface area contributed by atoms with Gasteiger partial charge in [-0.3, -0.25) is 0 Å². The minimum absolute atomic E-state index is 0.177. The Morgan fingerprint density at radius 1 is 1.26 bits per heavy atom. The highest BCUT2D eigenvalue weighted by Gasteiger charge is 2.22. The van der Waals surface area contributed by atoms with Gasteiger partial charge in [0.15, 0.2) is 0 Å². The van der Waals surface area contributed by atoms with Gasteiger partial charge >= 0.3 is 0 Å². The van der Waals surface area contributed by atoms with Crippen LogP contribution < -0.4 is 5.32 Å². The van der Waals surface area contributed by atoms with E-state index >= 15 is 0 Å². The van der Waals surface area contributed by atoms with Gasteiger partial charge in [0.25, 0.3) is 0 Å². The normalized spacial score (nSPS) is 13.4. The maximum absolute atomic E-state index is 4.22. The molecule has 0 amide bonds. The van der Waals surface area contributed by atoms with Crippen LogP contribution in [0.2, 0.25) is 0 Å². The van der Waals surface area contributed by atoms with Crippen LogP contribution in [-0.2, 0) is 12.0 Å². The van der Waals surface area contributed by atoms with Crippen LogP contribution in [0.25, 0.3) is 0 Å². The molecule has 1 aromatic heterocycles. The Balaban J connectivity index is 1.89. The monoisotopic (exact) mass is 257 g/mol. The lowest BCUT2D eigenvalue weighted by Crippen LogP contribution is -2.33. The van der Waals surface area contributed by atoms with Crippen LogP contribution in [0.5, 0.6) is 0 Å². The molecule has 0 aliphatic heterocycles. The Labute approximate surface area is 115 Å². The van der Waals surface area contributed by atoms with Crippen LogP contribution in [0, 0.1) is 0 Å². The van der Waals surface area contributed by atoms with Gasteiger partial charge in [0.05, 0.1) is 6.54 Å². The van der Waals surface area contributed by atoms with Crippen molar-refractivity contribution in [3.05, 3.63) is 54.1 Å². The lowest BCUT2D eigenvalue weighted by atomic mass is 9.79. The van der Waals surface area contributed by atoms with Crippen LogP contribution in [0.1, 0.15) is 38.6 Å². The second-order valence-electron chi connectivity index (χ2n) is 5.77. The highest BCUT2D eigenvalue weighted by atomic mass is 15.0. The van der Waals surface area contributed by atoms with Crippen molar-refractivity contribution in [3.8, 4) is 0 Å². The van der Waals surface area contributed by atoms with Crippen LogP contribution in [0.15, 0.2) is 42.7 Å². The summed E-state index contributed by atoms with van der Waals surface area (Å²) in [4.78, 5) is 7.34. The molecule has 1 heterocycles. The molecule has 0 radical (unpaired) electrons. The highest BCUT2D eigenvalue weighted by molar-refractivity contribution is 5.23. The number of rotatable bonds is 6. The standard InChI is InChI=1S/C16H23N3/c1-13(19-12-15-17-9-10-18-15)11-16(2,3)14-7-5-4-6-8-14/h4-10,13,19H,11-12H2,1-3H3,(H,17,18). The van der Waals surface area contributed by atoms with E-state index < -0.39 is 0 Å². The molecule has 0 aliphatic rings. The number of aromatic nitrogens is 2. The van der Waals surface area contributed by atoms with E-state index in [4.69, 9.17) is 0 Å². The number of hydrogen-bond donors (Lipinski definition) is 2. The Bertz CT molecular complexity index is 474. The lowest BCUT2D eigenvalue weighted by Gasteiger charge is -2.29. The number of benzene rings is 1. The summed E-state index contributed by atoms with van der Waals surface area (Å²) in [7, 11) is 0. The third-order valence-corrected chi connectivity index (χ3v) is 3.54. The molecule has 102 valence electrons. The molecule has 0 spiro atoms. The van der Waals surface area contributed by atoms with Crippen LogP contribution >= 0.6 is 0 Å². The van der Waals surface area contributed by atoms with Gasteiger partial charge in [-0.25, -0.2) is 4.98 Å². The molecule has 0 aliphatic carbocycles. The smallest absolute Gasteiger partial charge is 0.120 e. The number of H-pyrrole nitrogens is 1. The molecule has 1 atom stereocenters. The summed E-state index contributed by atoms with van der Waals surface area (Å²) < 4.78 is 0. The molecule has 2 rings (SSSR count). The minimum atomic E-state index is 0.177. The second kappa shape index (κ2) is 6.02. The molecular formula is C16H23N3. The van der Waals surface area contributed by atoms with Gasteiger partial charge in [-0.2, -0.15) is 0 Å². The van der Waals surface area contributed by atoms with E-state index in [9.17, 15) is 0 Å². The quantitative estimate of drug-likeness (QED) is 0.834. The first-order chi connectivity index (χ1) is 9.08. The van der Waals surface area contributed by atoms with E-state index in [1.807, 2.05) is 6.20 Å². The molecule has 0 saturated heterocycles. The minimum Gasteiger partial charge on any atom is -0.348 e. The number of imidazole rings is 1. The molecular weight excluding hydrogens is 234 g/mol. The van der Waals surface area contributed by atoms with Gasteiger partial charge < -0.3 is 10.3 Å². The van der Waals surface area contributed by atoms with Crippen LogP contribution in [0.4, 0.5) is 0 Å². The summed E-state index contributed by atoms with van der Waals surface area (Å²) in [5, 5.41) is 3.52. The van der Waals surface area contributed by atoms with E-state index in [0.29, 0.717) is 6.04 Å². The number of nitrogens with one attached hydrogen (secondary N) is 2. The van der Waals surface area contributed by atoms with Crippen molar-refractivity contribution < 1.29 is 0 Å². The van der Waals surface area contributed by atoms with Crippen LogP contribution in [-0.4, -0.2) is 16.0 Å². The zero-order valence-corrected chi connectivity index (χ0v) is 12.0. The molecule has 0 fully saturated rings. The fraction of sp³-hybridized carbons (Fsp3) is 0.438. The summed E-state index contributed by atoms with van der Waals surface area (Å²) in [6, 6.07) is 11.1. The van der Waals surface area contributed by atoms with E-state index in [1.54, 1.807) is 6.20 Å². The Morgan fingerprint density at radius 2 is 2.00 bits per heavy atom. The van der Waals surface area contributed by atoms with Gasteiger partial charge in [-0.05, 0) is 24.3 Å². The Morgan fingerprint density at radius 3 is 2.63 bits per heavy atom. The van der Waals surface area contributed by atoms with E-state index in [0.717, 1.165) is 18.8 Å². The maximum Gasteiger partial charge on any atom is 0.120 e. The first kappa shape index (κ1) is 13.8. The molecule has 0 bridgehead atoms. The van der Waals surface area contributed by atoms with Crippen molar-refractivity contribution in [2.45, 2.75) is 45.2 Å². The largest absolute Gasteiger partial charge is 0.348 e. The fourth-order valence-electron chi connectivity index (χ4n) is 2.51. The lowest BCUT2D eigenvalue weighted by molar-refractivity contribution is 0.386. The van der Waals surface area contributed by atoms with Gasteiger partial charge in [-0.1, -0.05) is 44.2 Å². The third kappa shape index (κ3) is 3.93. The molecule has 0 saturated carbocycles. The number of hydrogen-bond acceptors (Lipinski definition) is 2. The topological polar surface area (TPSA) is 40.7 Å². The number of nitrogens with zero attached hydrogens (tertiary/aromatic N) is 1. The van der Waals surface area contributed by atoms with E-state index in [1.165, 1.54) is 5.56 Å². The van der Waals surface area contributed by atoms with Crippen molar-refractivity contribution in [2.24, 2.45) is 0 Å². The van der Waals surface area contributed by atoms with Gasteiger partial charge in [0.1, 0.15) is 5.82 Å². The van der Waals surface area contributed by atoms with Gasteiger partial charge in [-0.15, -0.1) is 0 Å². The Hall–Kier alpha value is -1.61. The second-order valence-corrected chi connectivity index (χ2v) is 5.77. The van der Waals surface area contributed by atoms with Crippen molar-refractivity contribution in [1.29, 1.82) is 0 Å². The maximum atomic E-state index is 4.22. The highest BCUT2D eigenvalue weighted by Crippen LogP contribution is 2.28. The zero-order chi connectivity index (χ0) is 13.7. The summed E-state index contributed by atoms with van der Waals surface area (Å²) in [6.45, 7) is 7.62. The fourth-order valence-corrected chi connectivity index (χ4v) is 2.51. The first-order valence-electron chi connectivity index (χ1n) is 6.85. The molecule has 19 heavy (non-hydrogen) atoms. The Kier molecular flexibility index (Phi) is 4.38. The van der Waals surface area contributed by atoms with Crippen molar-refractivity contribution in [3.63, 3.8) is 0 Å². The SMILES string of the molecule is CC(CC(C)(C)c1ccccc1)NCc1ncc[nH]1. The molecule has 3 nitrogen and oxygen atoms in total. The van der Waals surface area contributed by atoms with Crippen molar-refractivity contribution >= 4 is 0 Å². The van der Waals surface area contributed by atoms with Gasteiger partial charge in [0, 0.05) is 18.4 Å². The number of aromatic amines is 1. The molecule has 2 aromatic rings. The average Bonchev–Trinajstić information content (AvgIpc) is 2.90.